The van der Waals surface area contributed by atoms with Gasteiger partial charge in [-0.3, -0.25) is 14.5 Å². The van der Waals surface area contributed by atoms with E-state index < -0.39 is 5.54 Å². The van der Waals surface area contributed by atoms with Gasteiger partial charge >= 0.3 is 6.03 Å². The van der Waals surface area contributed by atoms with Crippen molar-refractivity contribution in [3.63, 3.8) is 0 Å². The van der Waals surface area contributed by atoms with Crippen molar-refractivity contribution >= 4 is 30.3 Å². The van der Waals surface area contributed by atoms with Gasteiger partial charge in [-0.25, -0.2) is 4.79 Å². The normalized spacial score (nSPS) is 31.0. The molecule has 3 unspecified atom stereocenters. The molecule has 1 aliphatic carbocycles. The van der Waals surface area contributed by atoms with Gasteiger partial charge in [0.1, 0.15) is 5.54 Å². The van der Waals surface area contributed by atoms with E-state index in [0.717, 1.165) is 25.9 Å². The lowest BCUT2D eigenvalue weighted by Gasteiger charge is -2.20. The molecule has 3 N–H and O–H groups in total. The number of nitrogens with one attached hydrogen (secondary N) is 1. The van der Waals surface area contributed by atoms with E-state index in [2.05, 4.69) is 5.32 Å². The van der Waals surface area contributed by atoms with Crippen LogP contribution in [0, 0.1) is 11.8 Å². The molecular weight excluding hydrogens is 332 g/mol. The van der Waals surface area contributed by atoms with Crippen molar-refractivity contribution < 1.29 is 14.4 Å². The number of likely N-dealkylation sites (tertiary alicyclic amines) is 1. The van der Waals surface area contributed by atoms with Crippen molar-refractivity contribution in [1.29, 1.82) is 0 Å². The number of hydrogen-bond acceptors (Lipinski definition) is 4. The quantitative estimate of drug-likeness (QED) is 0.723. The van der Waals surface area contributed by atoms with Crippen molar-refractivity contribution in [3.8, 4) is 0 Å². The Hall–Kier alpha value is -1.34. The molecule has 3 rings (SSSR count). The zero-order chi connectivity index (χ0) is 16.8. The summed E-state index contributed by atoms with van der Waals surface area (Å²) in [6.07, 6.45) is 3.06. The van der Waals surface area contributed by atoms with Gasteiger partial charge in [-0.05, 0) is 44.9 Å². The predicted octanol–water partition coefficient (Wildman–Crippen LogP) is 0.715. The molecule has 0 spiro atoms. The van der Waals surface area contributed by atoms with E-state index in [1.807, 2.05) is 4.90 Å². The summed E-state index contributed by atoms with van der Waals surface area (Å²) in [4.78, 5) is 39.3. The Bertz CT molecular complexity index is 539. The van der Waals surface area contributed by atoms with Gasteiger partial charge < -0.3 is 16.0 Å². The van der Waals surface area contributed by atoms with Crippen molar-refractivity contribution in [2.45, 2.75) is 51.1 Å². The maximum absolute atomic E-state index is 12.3. The third-order valence-electron chi connectivity index (χ3n) is 5.48. The fourth-order valence-corrected chi connectivity index (χ4v) is 4.08. The molecule has 0 aromatic carbocycles. The average Bonchev–Trinajstić information content (AvgIpc) is 3.09. The number of nitrogens with zero attached hydrogens (tertiary/aromatic N) is 2. The third-order valence-corrected chi connectivity index (χ3v) is 5.48. The number of hydrogen-bond donors (Lipinski definition) is 2. The highest BCUT2D eigenvalue weighted by Gasteiger charge is 2.44. The zero-order valence-corrected chi connectivity index (χ0v) is 15.1. The molecular formula is C16H27ClN4O3. The molecule has 0 aromatic heterocycles. The Morgan fingerprint density at radius 1 is 1.29 bits per heavy atom. The molecule has 3 fully saturated rings. The van der Waals surface area contributed by atoms with Crippen LogP contribution in [0.2, 0.25) is 0 Å². The highest BCUT2D eigenvalue weighted by atomic mass is 35.5. The summed E-state index contributed by atoms with van der Waals surface area (Å²) in [5.41, 5.74) is 5.25. The number of imide groups is 1. The second-order valence-electron chi connectivity index (χ2n) is 7.58. The van der Waals surface area contributed by atoms with Crippen molar-refractivity contribution in [3.05, 3.63) is 0 Å². The summed E-state index contributed by atoms with van der Waals surface area (Å²) < 4.78 is 0. The van der Waals surface area contributed by atoms with Gasteiger partial charge in [-0.15, -0.1) is 12.4 Å². The van der Waals surface area contributed by atoms with Gasteiger partial charge in [-0.2, -0.15) is 0 Å². The first-order chi connectivity index (χ1) is 10.8. The minimum Gasteiger partial charge on any atom is -0.342 e. The van der Waals surface area contributed by atoms with Crippen LogP contribution in [-0.4, -0.2) is 58.9 Å². The first-order valence-corrected chi connectivity index (χ1v) is 8.47. The Morgan fingerprint density at radius 2 is 2.00 bits per heavy atom. The number of carbonyl (C=O) groups excluding carboxylic acids is 3. The first kappa shape index (κ1) is 19.0. The molecule has 2 saturated heterocycles. The van der Waals surface area contributed by atoms with Crippen molar-refractivity contribution in [2.24, 2.45) is 17.6 Å². The molecule has 2 aliphatic heterocycles. The summed E-state index contributed by atoms with van der Waals surface area (Å²) >= 11 is 0. The molecule has 3 aliphatic rings. The van der Waals surface area contributed by atoms with Crippen LogP contribution in [0.4, 0.5) is 4.79 Å². The summed E-state index contributed by atoms with van der Waals surface area (Å²) in [6.45, 7) is 5.24. The smallest absolute Gasteiger partial charge is 0.325 e. The van der Waals surface area contributed by atoms with E-state index in [1.54, 1.807) is 13.8 Å². The zero-order valence-electron chi connectivity index (χ0n) is 14.3. The number of urea groups is 1. The van der Waals surface area contributed by atoms with Crippen molar-refractivity contribution in [1.82, 2.24) is 15.1 Å². The Labute approximate surface area is 148 Å². The molecule has 136 valence electrons. The Balaban J connectivity index is 0.00000208. The van der Waals surface area contributed by atoms with Gasteiger partial charge in [0, 0.05) is 32.1 Å². The SMILES string of the molecule is CC1(C)NC(=O)N(CCCC(=O)N2CC3CCC(N)C3C2)C1=O.Cl. The highest BCUT2D eigenvalue weighted by Crippen LogP contribution is 2.37. The lowest BCUT2D eigenvalue weighted by atomic mass is 9.98. The van der Waals surface area contributed by atoms with Gasteiger partial charge in [-0.1, -0.05) is 0 Å². The van der Waals surface area contributed by atoms with Crippen LogP contribution < -0.4 is 11.1 Å². The fraction of sp³-hybridized carbons (Fsp3) is 0.812. The van der Waals surface area contributed by atoms with E-state index in [-0.39, 0.29) is 36.3 Å². The minimum absolute atomic E-state index is 0. The summed E-state index contributed by atoms with van der Waals surface area (Å²) in [7, 11) is 0. The maximum Gasteiger partial charge on any atom is 0.325 e. The summed E-state index contributed by atoms with van der Waals surface area (Å²) in [5.74, 6) is 0.890. The number of amides is 4. The Kier molecular flexibility index (Phi) is 5.44. The second-order valence-corrected chi connectivity index (χ2v) is 7.58. The molecule has 3 atom stereocenters. The number of rotatable bonds is 4. The molecule has 0 aromatic rings. The molecule has 2 heterocycles. The highest BCUT2D eigenvalue weighted by molar-refractivity contribution is 6.06. The number of carbonyl (C=O) groups is 3. The fourth-order valence-electron chi connectivity index (χ4n) is 4.08. The van der Waals surface area contributed by atoms with Crippen LogP contribution >= 0.6 is 12.4 Å². The summed E-state index contributed by atoms with van der Waals surface area (Å²) in [6, 6.07) is -0.139. The van der Waals surface area contributed by atoms with Crippen LogP contribution in [-0.2, 0) is 9.59 Å². The molecule has 4 amide bonds. The molecule has 0 radical (unpaired) electrons. The monoisotopic (exact) mass is 358 g/mol. The molecule has 7 nitrogen and oxygen atoms in total. The van der Waals surface area contributed by atoms with Crippen LogP contribution in [0.5, 0.6) is 0 Å². The number of fused-ring (bicyclic) bond motifs is 1. The Morgan fingerprint density at radius 3 is 2.58 bits per heavy atom. The van der Waals surface area contributed by atoms with E-state index in [1.165, 1.54) is 4.90 Å². The topological polar surface area (TPSA) is 95.7 Å². The lowest BCUT2D eigenvalue weighted by Crippen LogP contribution is -2.40. The van der Waals surface area contributed by atoms with Gasteiger partial charge in [0.2, 0.25) is 5.91 Å². The predicted molar refractivity (Wildman–Crippen MR) is 91.6 cm³/mol. The maximum atomic E-state index is 12.3. The van der Waals surface area contributed by atoms with E-state index >= 15 is 0 Å². The second kappa shape index (κ2) is 6.88. The van der Waals surface area contributed by atoms with Crippen molar-refractivity contribution in [2.75, 3.05) is 19.6 Å². The number of halogens is 1. The van der Waals surface area contributed by atoms with Gasteiger partial charge in [0.15, 0.2) is 0 Å². The summed E-state index contributed by atoms with van der Waals surface area (Å²) in [5, 5.41) is 2.65. The van der Waals surface area contributed by atoms with E-state index in [9.17, 15) is 14.4 Å². The lowest BCUT2D eigenvalue weighted by molar-refractivity contribution is -0.132. The van der Waals surface area contributed by atoms with E-state index in [0.29, 0.717) is 31.2 Å². The molecule has 1 saturated carbocycles. The molecule has 8 heteroatoms. The van der Waals surface area contributed by atoms with Crippen LogP contribution in [0.3, 0.4) is 0 Å². The first-order valence-electron chi connectivity index (χ1n) is 8.47. The van der Waals surface area contributed by atoms with Crippen LogP contribution in [0.15, 0.2) is 0 Å². The standard InChI is InChI=1S/C16H26N4O3.ClH/c1-16(2)14(22)20(15(23)18-16)7-3-4-13(21)19-8-10-5-6-12(17)11(10)9-19;/h10-12H,3-9,17H2,1-2H3,(H,18,23);1H. The van der Waals surface area contributed by atoms with Crippen LogP contribution in [0.25, 0.3) is 0 Å². The van der Waals surface area contributed by atoms with Gasteiger partial charge in [0.05, 0.1) is 0 Å². The largest absolute Gasteiger partial charge is 0.342 e. The minimum atomic E-state index is -0.844. The third kappa shape index (κ3) is 3.37. The van der Waals surface area contributed by atoms with E-state index in [4.69, 9.17) is 5.73 Å². The average molecular weight is 359 g/mol. The molecule has 0 bridgehead atoms. The van der Waals surface area contributed by atoms with Crippen LogP contribution in [0.1, 0.15) is 39.5 Å². The molecule has 24 heavy (non-hydrogen) atoms. The van der Waals surface area contributed by atoms with Gasteiger partial charge in [0.25, 0.3) is 5.91 Å². The number of nitrogens with two attached hydrogens (primary N) is 1.